The second kappa shape index (κ2) is 9.24. The summed E-state index contributed by atoms with van der Waals surface area (Å²) in [5, 5.41) is 24.1. The number of nitriles is 2. The fourth-order valence-electron chi connectivity index (χ4n) is 2.71. The van der Waals surface area contributed by atoms with Gasteiger partial charge in [0, 0.05) is 26.2 Å². The van der Waals surface area contributed by atoms with E-state index in [1.54, 1.807) is 7.05 Å². The molecular weight excluding hydrogens is 290 g/mol. The SMILES string of the molecule is CNC(NCC1CN(Cc2ccccc2)CCO1)C(C#N)C#N. The Morgan fingerprint density at radius 1 is 1.30 bits per heavy atom. The van der Waals surface area contributed by atoms with Crippen LogP contribution in [0.1, 0.15) is 5.56 Å². The van der Waals surface area contributed by atoms with E-state index >= 15 is 0 Å². The Morgan fingerprint density at radius 3 is 2.70 bits per heavy atom. The highest BCUT2D eigenvalue weighted by Crippen LogP contribution is 2.10. The standard InChI is InChI=1S/C17H23N5O/c1-20-17(15(9-18)10-19)21-11-16-13-22(7-8-23-16)12-14-5-3-2-4-6-14/h2-6,15-17,20-21H,7-8,11-13H2,1H3. The Balaban J connectivity index is 1.82. The topological polar surface area (TPSA) is 84.1 Å². The maximum absolute atomic E-state index is 8.98. The molecule has 0 saturated carbocycles. The number of ether oxygens (including phenoxy) is 1. The van der Waals surface area contributed by atoms with Crippen LogP contribution in [-0.2, 0) is 11.3 Å². The fourth-order valence-corrected chi connectivity index (χ4v) is 2.71. The molecule has 6 nitrogen and oxygen atoms in total. The minimum atomic E-state index is -0.719. The van der Waals surface area contributed by atoms with Crippen LogP contribution in [0.4, 0.5) is 0 Å². The van der Waals surface area contributed by atoms with Crippen LogP contribution in [0, 0.1) is 28.6 Å². The molecule has 2 atom stereocenters. The van der Waals surface area contributed by atoms with E-state index in [1.807, 2.05) is 18.2 Å². The van der Waals surface area contributed by atoms with E-state index in [0.717, 1.165) is 19.6 Å². The van der Waals surface area contributed by atoms with Crippen LogP contribution in [0.5, 0.6) is 0 Å². The smallest absolute Gasteiger partial charge is 0.161 e. The van der Waals surface area contributed by atoms with Crippen molar-refractivity contribution in [2.45, 2.75) is 18.8 Å². The highest BCUT2D eigenvalue weighted by atomic mass is 16.5. The second-order valence-electron chi connectivity index (χ2n) is 5.62. The average Bonchev–Trinajstić information content (AvgIpc) is 2.60. The van der Waals surface area contributed by atoms with Crippen molar-refractivity contribution in [1.29, 1.82) is 10.5 Å². The van der Waals surface area contributed by atoms with Gasteiger partial charge in [0.05, 0.1) is 31.0 Å². The molecule has 1 fully saturated rings. The molecule has 0 bridgehead atoms. The molecule has 0 radical (unpaired) electrons. The highest BCUT2D eigenvalue weighted by molar-refractivity contribution is 5.14. The van der Waals surface area contributed by atoms with Gasteiger partial charge in [-0.25, -0.2) is 0 Å². The Kier molecular flexibility index (Phi) is 6.99. The van der Waals surface area contributed by atoms with Gasteiger partial charge in [-0.05, 0) is 12.6 Å². The van der Waals surface area contributed by atoms with Gasteiger partial charge in [0.1, 0.15) is 0 Å². The first kappa shape index (κ1) is 17.4. The number of benzene rings is 1. The third-order valence-corrected chi connectivity index (χ3v) is 3.96. The maximum Gasteiger partial charge on any atom is 0.161 e. The van der Waals surface area contributed by atoms with Gasteiger partial charge >= 0.3 is 0 Å². The molecular formula is C17H23N5O. The molecule has 1 aromatic rings. The zero-order valence-corrected chi connectivity index (χ0v) is 13.4. The van der Waals surface area contributed by atoms with Gasteiger partial charge in [-0.1, -0.05) is 30.3 Å². The fraction of sp³-hybridized carbons (Fsp3) is 0.529. The van der Waals surface area contributed by atoms with Gasteiger partial charge in [-0.3, -0.25) is 10.2 Å². The van der Waals surface area contributed by atoms with Gasteiger partial charge < -0.3 is 10.1 Å². The quantitative estimate of drug-likeness (QED) is 0.721. The minimum absolute atomic E-state index is 0.0568. The highest BCUT2D eigenvalue weighted by Gasteiger charge is 2.24. The molecule has 1 aliphatic heterocycles. The summed E-state index contributed by atoms with van der Waals surface area (Å²) in [4.78, 5) is 2.37. The summed E-state index contributed by atoms with van der Waals surface area (Å²) in [6, 6.07) is 14.4. The zero-order valence-electron chi connectivity index (χ0n) is 13.4. The van der Waals surface area contributed by atoms with Crippen LogP contribution in [0.25, 0.3) is 0 Å². The molecule has 2 unspecified atom stereocenters. The van der Waals surface area contributed by atoms with Gasteiger partial charge in [0.2, 0.25) is 0 Å². The van der Waals surface area contributed by atoms with Crippen molar-refractivity contribution in [2.75, 3.05) is 33.3 Å². The predicted molar refractivity (Wildman–Crippen MR) is 87.0 cm³/mol. The Hall–Kier alpha value is -1.96. The summed E-state index contributed by atoms with van der Waals surface area (Å²) in [5.74, 6) is -0.719. The summed E-state index contributed by atoms with van der Waals surface area (Å²) in [6.07, 6.45) is -0.292. The molecule has 1 aromatic carbocycles. The number of hydrogen-bond acceptors (Lipinski definition) is 6. The van der Waals surface area contributed by atoms with E-state index in [1.165, 1.54) is 5.56 Å². The lowest BCUT2D eigenvalue weighted by Crippen LogP contribution is -2.52. The summed E-state index contributed by atoms with van der Waals surface area (Å²) in [6.45, 7) is 3.97. The van der Waals surface area contributed by atoms with E-state index in [-0.39, 0.29) is 12.3 Å². The van der Waals surface area contributed by atoms with Crippen LogP contribution in [-0.4, -0.2) is 50.5 Å². The molecule has 6 heteroatoms. The molecule has 1 heterocycles. The van der Waals surface area contributed by atoms with Crippen molar-refractivity contribution < 1.29 is 4.74 Å². The Morgan fingerprint density at radius 2 is 2.04 bits per heavy atom. The largest absolute Gasteiger partial charge is 0.374 e. The maximum atomic E-state index is 8.98. The van der Waals surface area contributed by atoms with Crippen molar-refractivity contribution in [2.24, 2.45) is 5.92 Å². The Labute approximate surface area is 137 Å². The summed E-state index contributed by atoms with van der Waals surface area (Å²) in [7, 11) is 1.74. The van der Waals surface area contributed by atoms with Crippen molar-refractivity contribution in [3.8, 4) is 12.1 Å². The van der Waals surface area contributed by atoms with Crippen LogP contribution in [0.2, 0.25) is 0 Å². The molecule has 0 aliphatic carbocycles. The molecule has 0 aromatic heterocycles. The van der Waals surface area contributed by atoms with E-state index in [0.29, 0.717) is 13.2 Å². The van der Waals surface area contributed by atoms with E-state index in [4.69, 9.17) is 15.3 Å². The van der Waals surface area contributed by atoms with Crippen LogP contribution < -0.4 is 10.6 Å². The number of nitrogens with zero attached hydrogens (tertiary/aromatic N) is 3. The summed E-state index contributed by atoms with van der Waals surface area (Å²) in [5.41, 5.74) is 1.29. The van der Waals surface area contributed by atoms with Gasteiger partial charge in [-0.15, -0.1) is 0 Å². The van der Waals surface area contributed by atoms with Crippen LogP contribution in [0.3, 0.4) is 0 Å². The zero-order chi connectivity index (χ0) is 16.5. The number of nitrogens with one attached hydrogen (secondary N) is 2. The number of hydrogen-bond donors (Lipinski definition) is 2. The minimum Gasteiger partial charge on any atom is -0.374 e. The van der Waals surface area contributed by atoms with E-state index in [2.05, 4.69) is 39.8 Å². The molecule has 23 heavy (non-hydrogen) atoms. The first-order valence-electron chi connectivity index (χ1n) is 7.84. The van der Waals surface area contributed by atoms with Crippen molar-refractivity contribution in [1.82, 2.24) is 15.5 Å². The Bertz CT molecular complexity index is 536. The van der Waals surface area contributed by atoms with Crippen molar-refractivity contribution >= 4 is 0 Å². The number of morpholine rings is 1. The van der Waals surface area contributed by atoms with Gasteiger partial charge in [0.15, 0.2) is 5.92 Å². The predicted octanol–water partition coefficient (Wildman–Crippen LogP) is 0.686. The first-order chi connectivity index (χ1) is 11.3. The lowest BCUT2D eigenvalue weighted by atomic mass is 10.1. The molecule has 1 aliphatic rings. The molecule has 0 amide bonds. The molecule has 0 spiro atoms. The van der Waals surface area contributed by atoms with E-state index < -0.39 is 5.92 Å². The molecule has 2 N–H and O–H groups in total. The van der Waals surface area contributed by atoms with Gasteiger partial charge in [-0.2, -0.15) is 10.5 Å². The van der Waals surface area contributed by atoms with Crippen molar-refractivity contribution in [3.63, 3.8) is 0 Å². The van der Waals surface area contributed by atoms with E-state index in [9.17, 15) is 0 Å². The summed E-state index contributed by atoms with van der Waals surface area (Å²) < 4.78 is 5.79. The van der Waals surface area contributed by atoms with Gasteiger partial charge in [0.25, 0.3) is 0 Å². The van der Waals surface area contributed by atoms with Crippen molar-refractivity contribution in [3.05, 3.63) is 35.9 Å². The third-order valence-electron chi connectivity index (χ3n) is 3.96. The molecule has 1 saturated heterocycles. The molecule has 2 rings (SSSR count). The third kappa shape index (κ3) is 5.31. The second-order valence-corrected chi connectivity index (χ2v) is 5.62. The summed E-state index contributed by atoms with van der Waals surface area (Å²) >= 11 is 0. The number of rotatable bonds is 7. The average molecular weight is 313 g/mol. The first-order valence-corrected chi connectivity index (χ1v) is 7.84. The van der Waals surface area contributed by atoms with Crippen LogP contribution in [0.15, 0.2) is 30.3 Å². The monoisotopic (exact) mass is 313 g/mol. The lowest BCUT2D eigenvalue weighted by molar-refractivity contribution is -0.0315. The van der Waals surface area contributed by atoms with Crippen LogP contribution >= 0.6 is 0 Å². The molecule has 122 valence electrons. The lowest BCUT2D eigenvalue weighted by Gasteiger charge is -2.34. The normalized spacial score (nSPS) is 19.9.